The fraction of sp³-hybridized carbons (Fsp3) is 0.217. The van der Waals surface area contributed by atoms with Crippen molar-refractivity contribution in [1.29, 1.82) is 0 Å². The lowest BCUT2D eigenvalue weighted by Gasteiger charge is -2.24. The van der Waals surface area contributed by atoms with E-state index in [1.807, 2.05) is 12.2 Å². The van der Waals surface area contributed by atoms with Gasteiger partial charge in [-0.1, -0.05) is 12.2 Å². The monoisotopic (exact) mass is 504 g/mol. The fourth-order valence-corrected chi connectivity index (χ4v) is 4.42. The lowest BCUT2D eigenvalue weighted by molar-refractivity contribution is -0.0498. The van der Waals surface area contributed by atoms with Gasteiger partial charge in [-0.2, -0.15) is 8.78 Å². The second-order valence-electron chi connectivity index (χ2n) is 7.39. The summed E-state index contributed by atoms with van der Waals surface area (Å²) in [7, 11) is -1.10. The van der Waals surface area contributed by atoms with Crippen LogP contribution in [0, 0.1) is 0 Å². The van der Waals surface area contributed by atoms with Crippen molar-refractivity contribution in [2.75, 3.05) is 19.5 Å². The predicted octanol–water partition coefficient (Wildman–Crippen LogP) is 3.72. The SMILES string of the molecule is COc1cc(NC2=NC3=CC=CCC3N=C2NS(=O)(=O)c2ccc(OC(F)F)cc2)cc(OC)c1. The van der Waals surface area contributed by atoms with E-state index in [4.69, 9.17) is 9.47 Å². The normalized spacial score (nSPS) is 17.1. The molecule has 2 aromatic carbocycles. The summed E-state index contributed by atoms with van der Waals surface area (Å²) in [4.78, 5) is 8.99. The Morgan fingerprint density at radius 3 is 2.31 bits per heavy atom. The number of fused-ring (bicyclic) bond motifs is 1. The number of allylic oxidation sites excluding steroid dienone is 2. The fourth-order valence-electron chi connectivity index (χ4n) is 3.40. The Labute approximate surface area is 200 Å². The number of nitrogens with zero attached hydrogens (tertiary/aromatic N) is 2. The van der Waals surface area contributed by atoms with Crippen LogP contribution in [0.4, 0.5) is 14.5 Å². The van der Waals surface area contributed by atoms with E-state index in [0.29, 0.717) is 29.3 Å². The molecule has 2 aliphatic rings. The number of hydrogen-bond acceptors (Lipinski definition) is 8. The highest BCUT2D eigenvalue weighted by molar-refractivity contribution is 7.90. The zero-order valence-electron chi connectivity index (χ0n) is 18.7. The number of nitrogens with one attached hydrogen (secondary N) is 2. The Hall–Kier alpha value is -3.93. The number of aliphatic imine (C=N–C) groups is 2. The van der Waals surface area contributed by atoms with E-state index in [0.717, 1.165) is 24.3 Å². The number of ether oxygens (including phenoxy) is 3. The zero-order valence-corrected chi connectivity index (χ0v) is 19.6. The van der Waals surface area contributed by atoms with Gasteiger partial charge in [-0.15, -0.1) is 0 Å². The van der Waals surface area contributed by atoms with Crippen LogP contribution in [-0.4, -0.2) is 47.0 Å². The maximum absolute atomic E-state index is 13.1. The van der Waals surface area contributed by atoms with Gasteiger partial charge >= 0.3 is 6.61 Å². The molecule has 1 aliphatic carbocycles. The first-order chi connectivity index (χ1) is 16.8. The van der Waals surface area contributed by atoms with E-state index >= 15 is 0 Å². The van der Waals surface area contributed by atoms with Crippen molar-refractivity contribution in [1.82, 2.24) is 4.72 Å². The van der Waals surface area contributed by atoms with Crippen molar-refractivity contribution in [3.8, 4) is 17.2 Å². The molecule has 1 unspecified atom stereocenters. The van der Waals surface area contributed by atoms with Crippen LogP contribution in [0.15, 0.2) is 81.3 Å². The van der Waals surface area contributed by atoms with Crippen molar-refractivity contribution in [3.63, 3.8) is 0 Å². The van der Waals surface area contributed by atoms with Crippen molar-refractivity contribution in [3.05, 3.63) is 66.4 Å². The molecule has 0 fully saturated rings. The number of rotatable bonds is 7. The quantitative estimate of drug-likeness (QED) is 0.595. The topological polar surface area (TPSA) is 111 Å². The molecule has 0 saturated heterocycles. The molecule has 35 heavy (non-hydrogen) atoms. The lowest BCUT2D eigenvalue weighted by atomic mass is 10.0. The molecule has 12 heteroatoms. The van der Waals surface area contributed by atoms with E-state index in [9.17, 15) is 17.2 Å². The van der Waals surface area contributed by atoms with Crippen LogP contribution < -0.4 is 24.2 Å². The number of hydrogen-bond donors (Lipinski definition) is 2. The molecule has 0 amide bonds. The highest BCUT2D eigenvalue weighted by Gasteiger charge is 2.28. The van der Waals surface area contributed by atoms with Crippen molar-refractivity contribution in [2.45, 2.75) is 24.0 Å². The number of halogens is 2. The predicted molar refractivity (Wildman–Crippen MR) is 127 cm³/mol. The highest BCUT2D eigenvalue weighted by Crippen LogP contribution is 2.28. The van der Waals surface area contributed by atoms with Crippen LogP contribution in [0.5, 0.6) is 17.2 Å². The molecule has 0 aromatic heterocycles. The van der Waals surface area contributed by atoms with Gasteiger partial charge in [-0.3, -0.25) is 9.71 Å². The lowest BCUT2D eigenvalue weighted by Crippen LogP contribution is -2.43. The molecule has 9 nitrogen and oxygen atoms in total. The summed E-state index contributed by atoms with van der Waals surface area (Å²) in [6.45, 7) is -3.01. The van der Waals surface area contributed by atoms with Crippen LogP contribution in [-0.2, 0) is 10.0 Å². The third-order valence-corrected chi connectivity index (χ3v) is 6.41. The molecule has 4 rings (SSSR count). The molecular formula is C23H22F2N4O5S. The van der Waals surface area contributed by atoms with E-state index in [2.05, 4.69) is 24.8 Å². The number of sulfonamides is 1. The van der Waals surface area contributed by atoms with Gasteiger partial charge in [0.1, 0.15) is 17.2 Å². The van der Waals surface area contributed by atoms with Crippen molar-refractivity contribution >= 4 is 27.4 Å². The second-order valence-corrected chi connectivity index (χ2v) is 9.07. The van der Waals surface area contributed by atoms with Crippen LogP contribution >= 0.6 is 0 Å². The Morgan fingerprint density at radius 1 is 1.00 bits per heavy atom. The average Bonchev–Trinajstić information content (AvgIpc) is 2.84. The first-order valence-electron chi connectivity index (χ1n) is 10.4. The third-order valence-electron chi connectivity index (χ3n) is 5.06. The van der Waals surface area contributed by atoms with Crippen molar-refractivity contribution < 1.29 is 31.4 Å². The van der Waals surface area contributed by atoms with E-state index < -0.39 is 16.6 Å². The van der Waals surface area contributed by atoms with E-state index in [1.165, 1.54) is 14.2 Å². The molecule has 1 aliphatic heterocycles. The molecular weight excluding hydrogens is 482 g/mol. The van der Waals surface area contributed by atoms with Gasteiger partial charge in [0, 0.05) is 23.9 Å². The minimum Gasteiger partial charge on any atom is -0.497 e. The summed E-state index contributed by atoms with van der Waals surface area (Å²) in [6.07, 6.45) is 6.13. The zero-order chi connectivity index (χ0) is 25.0. The third kappa shape index (κ3) is 5.77. The standard InChI is InChI=1S/C23H22F2N4O5S/c1-32-16-11-14(12-17(13-16)33-2)26-21-22(28-20-6-4-3-5-19(20)27-21)29-35(30,31)18-9-7-15(8-10-18)34-23(24)25/h3-5,7-13,20,23H,6H2,1-2H3,(H,26,27)(H,28,29). The van der Waals surface area contributed by atoms with Crippen LogP contribution in [0.25, 0.3) is 0 Å². The van der Waals surface area contributed by atoms with Gasteiger partial charge in [-0.25, -0.2) is 13.4 Å². The molecule has 1 heterocycles. The van der Waals surface area contributed by atoms with Gasteiger partial charge in [0.25, 0.3) is 10.0 Å². The summed E-state index contributed by atoms with van der Waals surface area (Å²) in [5, 5.41) is 3.08. The summed E-state index contributed by atoms with van der Waals surface area (Å²) >= 11 is 0. The van der Waals surface area contributed by atoms with Gasteiger partial charge in [0.05, 0.1) is 30.9 Å². The van der Waals surface area contributed by atoms with E-state index in [1.54, 1.807) is 24.3 Å². The molecule has 0 spiro atoms. The molecule has 184 valence electrons. The maximum atomic E-state index is 13.1. The van der Waals surface area contributed by atoms with Crippen molar-refractivity contribution in [2.24, 2.45) is 9.98 Å². The first kappa shape index (κ1) is 24.2. The molecule has 2 aromatic rings. The number of alkyl halides is 2. The van der Waals surface area contributed by atoms with Gasteiger partial charge in [0.2, 0.25) is 0 Å². The summed E-state index contributed by atoms with van der Waals surface area (Å²) in [5.41, 5.74) is 1.20. The number of anilines is 1. The second kappa shape index (κ2) is 10.1. The molecule has 0 saturated carbocycles. The maximum Gasteiger partial charge on any atom is 0.387 e. The Kier molecular flexibility index (Phi) is 7.01. The van der Waals surface area contributed by atoms with Gasteiger partial charge < -0.3 is 19.5 Å². The largest absolute Gasteiger partial charge is 0.497 e. The number of amidine groups is 2. The summed E-state index contributed by atoms with van der Waals surface area (Å²) in [6, 6.07) is 9.34. The van der Waals surface area contributed by atoms with Crippen LogP contribution in [0.1, 0.15) is 6.42 Å². The first-order valence-corrected chi connectivity index (χ1v) is 11.9. The summed E-state index contributed by atoms with van der Waals surface area (Å²) in [5.74, 6) is 1.04. The number of benzene rings is 2. The average molecular weight is 505 g/mol. The Bertz CT molecular complexity index is 1300. The Morgan fingerprint density at radius 2 is 1.69 bits per heavy atom. The van der Waals surface area contributed by atoms with Crippen LogP contribution in [0.3, 0.4) is 0 Å². The van der Waals surface area contributed by atoms with Gasteiger partial charge in [-0.05, 0) is 36.8 Å². The summed E-state index contributed by atoms with van der Waals surface area (Å²) < 4.78 is 68.2. The van der Waals surface area contributed by atoms with Crippen LogP contribution in [0.2, 0.25) is 0 Å². The minimum atomic E-state index is -4.13. The Balaban J connectivity index is 1.64. The highest BCUT2D eigenvalue weighted by atomic mass is 32.2. The molecule has 0 radical (unpaired) electrons. The molecule has 2 N–H and O–H groups in total. The van der Waals surface area contributed by atoms with Gasteiger partial charge in [0.15, 0.2) is 11.7 Å². The smallest absolute Gasteiger partial charge is 0.387 e. The molecule has 0 bridgehead atoms. The van der Waals surface area contributed by atoms with E-state index in [-0.39, 0.29) is 28.4 Å². The molecule has 1 atom stereocenters. The minimum absolute atomic E-state index is 0.00264. The number of methoxy groups -OCH3 is 2.